The van der Waals surface area contributed by atoms with Crippen LogP contribution in [-0.4, -0.2) is 26.8 Å². The van der Waals surface area contributed by atoms with Gasteiger partial charge in [0.15, 0.2) is 0 Å². The highest BCUT2D eigenvalue weighted by Crippen LogP contribution is 2.18. The third-order valence-corrected chi connectivity index (χ3v) is 3.53. The van der Waals surface area contributed by atoms with Crippen LogP contribution in [0.5, 0.6) is 0 Å². The number of hydrogen-bond acceptors (Lipinski definition) is 4. The number of hydrogen-bond donors (Lipinski definition) is 1. The van der Waals surface area contributed by atoms with Crippen molar-refractivity contribution in [2.24, 2.45) is 12.8 Å². The van der Waals surface area contributed by atoms with Gasteiger partial charge in [-0.1, -0.05) is 23.4 Å². The summed E-state index contributed by atoms with van der Waals surface area (Å²) >= 11 is 1.77. The molecule has 1 atom stereocenters. The molecule has 90 valence electrons. The molecule has 0 saturated heterocycles. The second kappa shape index (κ2) is 5.84. The summed E-state index contributed by atoms with van der Waals surface area (Å²) in [5, 5.41) is 7.93. The highest BCUT2D eigenvalue weighted by Gasteiger charge is 2.07. The molecule has 1 unspecified atom stereocenters. The van der Waals surface area contributed by atoms with Gasteiger partial charge in [0.1, 0.15) is 0 Å². The maximum Gasteiger partial charge on any atom is 0.0842 e. The minimum absolute atomic E-state index is 0.108. The van der Waals surface area contributed by atoms with Crippen LogP contribution in [-0.2, 0) is 13.5 Å². The van der Waals surface area contributed by atoms with Gasteiger partial charge in [-0.3, -0.25) is 4.68 Å². The smallest absolute Gasteiger partial charge is 0.0842 e. The summed E-state index contributed by atoms with van der Waals surface area (Å²) in [6, 6.07) is 10.4. The maximum atomic E-state index is 6.06. The van der Waals surface area contributed by atoms with Gasteiger partial charge in [0, 0.05) is 36.4 Å². The fourth-order valence-electron chi connectivity index (χ4n) is 1.54. The Morgan fingerprint density at radius 3 is 2.76 bits per heavy atom. The Kier molecular flexibility index (Phi) is 4.17. The lowest BCUT2D eigenvalue weighted by Crippen LogP contribution is -2.25. The first-order valence-electron chi connectivity index (χ1n) is 5.52. The summed E-state index contributed by atoms with van der Waals surface area (Å²) in [6.07, 6.45) is 2.68. The number of aromatic nitrogens is 3. The molecule has 0 radical (unpaired) electrons. The van der Waals surface area contributed by atoms with E-state index < -0.39 is 0 Å². The van der Waals surface area contributed by atoms with Crippen molar-refractivity contribution in [1.82, 2.24) is 15.0 Å². The topological polar surface area (TPSA) is 56.7 Å². The summed E-state index contributed by atoms with van der Waals surface area (Å²) in [7, 11) is 1.86. The van der Waals surface area contributed by atoms with Crippen molar-refractivity contribution in [2.45, 2.75) is 17.4 Å². The van der Waals surface area contributed by atoms with Crippen LogP contribution >= 0.6 is 11.8 Å². The standard InChI is InChI=1S/C12H16N4S/c1-16-8-11(14-15-16)7-10(13)9-17-12-5-3-2-4-6-12/h2-6,8,10H,7,9,13H2,1H3. The summed E-state index contributed by atoms with van der Waals surface area (Å²) in [5.74, 6) is 0.889. The number of thioether (sulfide) groups is 1. The molecule has 0 aliphatic rings. The van der Waals surface area contributed by atoms with E-state index in [4.69, 9.17) is 5.73 Å². The zero-order valence-corrected chi connectivity index (χ0v) is 10.6. The van der Waals surface area contributed by atoms with Gasteiger partial charge in [-0.15, -0.1) is 16.9 Å². The van der Waals surface area contributed by atoms with Gasteiger partial charge >= 0.3 is 0 Å². The third-order valence-electron chi connectivity index (χ3n) is 2.33. The molecule has 5 heteroatoms. The molecule has 0 amide bonds. The molecule has 0 bridgehead atoms. The van der Waals surface area contributed by atoms with Gasteiger partial charge < -0.3 is 5.73 Å². The molecule has 17 heavy (non-hydrogen) atoms. The summed E-state index contributed by atoms with van der Waals surface area (Å²) in [5.41, 5.74) is 7.02. The molecule has 4 nitrogen and oxygen atoms in total. The minimum atomic E-state index is 0.108. The van der Waals surface area contributed by atoms with Crippen LogP contribution in [0.2, 0.25) is 0 Å². The van der Waals surface area contributed by atoms with E-state index in [1.807, 2.05) is 31.4 Å². The van der Waals surface area contributed by atoms with E-state index in [2.05, 4.69) is 22.4 Å². The van der Waals surface area contributed by atoms with Crippen LogP contribution in [0.15, 0.2) is 41.4 Å². The Labute approximate surface area is 105 Å². The van der Waals surface area contributed by atoms with Crippen LogP contribution in [0.1, 0.15) is 5.69 Å². The van der Waals surface area contributed by atoms with Crippen molar-refractivity contribution in [1.29, 1.82) is 0 Å². The molecule has 0 aliphatic carbocycles. The van der Waals surface area contributed by atoms with Crippen molar-refractivity contribution >= 4 is 11.8 Å². The summed E-state index contributed by atoms with van der Waals surface area (Å²) < 4.78 is 1.70. The average molecular weight is 248 g/mol. The first-order chi connectivity index (χ1) is 8.24. The van der Waals surface area contributed by atoms with Gasteiger partial charge in [-0.2, -0.15) is 0 Å². The molecule has 2 N–H and O–H groups in total. The van der Waals surface area contributed by atoms with Crippen LogP contribution in [0.25, 0.3) is 0 Å². The fourth-order valence-corrected chi connectivity index (χ4v) is 2.41. The van der Waals surface area contributed by atoms with E-state index in [0.29, 0.717) is 0 Å². The van der Waals surface area contributed by atoms with Crippen LogP contribution in [0.4, 0.5) is 0 Å². The van der Waals surface area contributed by atoms with Crippen LogP contribution in [0, 0.1) is 0 Å². The predicted molar refractivity (Wildman–Crippen MR) is 69.8 cm³/mol. The lowest BCUT2D eigenvalue weighted by atomic mass is 10.2. The van der Waals surface area contributed by atoms with Crippen LogP contribution in [0.3, 0.4) is 0 Å². The van der Waals surface area contributed by atoms with Gasteiger partial charge in [-0.25, -0.2) is 0 Å². The monoisotopic (exact) mass is 248 g/mol. The SMILES string of the molecule is Cn1cc(CC(N)CSc2ccccc2)nn1. The van der Waals surface area contributed by atoms with Gasteiger partial charge in [0.05, 0.1) is 5.69 Å². The van der Waals surface area contributed by atoms with Gasteiger partial charge in [-0.05, 0) is 12.1 Å². The van der Waals surface area contributed by atoms with E-state index in [-0.39, 0.29) is 6.04 Å². The zero-order valence-electron chi connectivity index (χ0n) is 9.78. The third kappa shape index (κ3) is 3.87. The molecule has 2 aromatic rings. The Morgan fingerprint density at radius 2 is 2.12 bits per heavy atom. The summed E-state index contributed by atoms with van der Waals surface area (Å²) in [4.78, 5) is 1.25. The fraction of sp³-hybridized carbons (Fsp3) is 0.333. The molecule has 1 heterocycles. The number of benzene rings is 1. The second-order valence-corrected chi connectivity index (χ2v) is 5.07. The highest BCUT2D eigenvalue weighted by molar-refractivity contribution is 7.99. The van der Waals surface area contributed by atoms with E-state index in [9.17, 15) is 0 Å². The molecule has 0 aliphatic heterocycles. The number of nitrogens with zero attached hydrogens (tertiary/aromatic N) is 3. The average Bonchev–Trinajstić information content (AvgIpc) is 2.73. The largest absolute Gasteiger partial charge is 0.327 e. The molecule has 0 fully saturated rings. The van der Waals surface area contributed by atoms with Crippen molar-refractivity contribution in [3.8, 4) is 0 Å². The Hall–Kier alpha value is -1.33. The van der Waals surface area contributed by atoms with Crippen molar-refractivity contribution in [3.63, 3.8) is 0 Å². The lowest BCUT2D eigenvalue weighted by molar-refractivity contribution is 0.704. The van der Waals surface area contributed by atoms with Crippen LogP contribution < -0.4 is 5.73 Å². The molecule has 0 saturated carbocycles. The second-order valence-electron chi connectivity index (χ2n) is 3.97. The highest BCUT2D eigenvalue weighted by atomic mass is 32.2. The van der Waals surface area contributed by atoms with Crippen molar-refractivity contribution in [3.05, 3.63) is 42.2 Å². The molecule has 1 aromatic heterocycles. The van der Waals surface area contributed by atoms with Gasteiger partial charge in [0.25, 0.3) is 0 Å². The Morgan fingerprint density at radius 1 is 1.35 bits per heavy atom. The minimum Gasteiger partial charge on any atom is -0.327 e. The summed E-state index contributed by atoms with van der Waals surface area (Å²) in [6.45, 7) is 0. The lowest BCUT2D eigenvalue weighted by Gasteiger charge is -2.08. The van der Waals surface area contributed by atoms with E-state index in [0.717, 1.165) is 17.9 Å². The van der Waals surface area contributed by atoms with E-state index in [1.54, 1.807) is 16.4 Å². The maximum absolute atomic E-state index is 6.06. The normalized spacial score (nSPS) is 12.6. The quantitative estimate of drug-likeness (QED) is 0.814. The zero-order chi connectivity index (χ0) is 12.1. The number of nitrogens with two attached hydrogens (primary N) is 1. The number of aryl methyl sites for hydroxylation is 1. The molecule has 0 spiro atoms. The first-order valence-corrected chi connectivity index (χ1v) is 6.51. The Balaban J connectivity index is 1.80. The molecule has 1 aromatic carbocycles. The predicted octanol–water partition coefficient (Wildman–Crippen LogP) is 1.48. The van der Waals surface area contributed by atoms with Gasteiger partial charge in [0.2, 0.25) is 0 Å². The van der Waals surface area contributed by atoms with E-state index in [1.165, 1.54) is 4.90 Å². The molecular formula is C12H16N4S. The van der Waals surface area contributed by atoms with Crippen molar-refractivity contribution < 1.29 is 0 Å². The molecular weight excluding hydrogens is 232 g/mol. The molecule has 2 rings (SSSR count). The number of rotatable bonds is 5. The Bertz CT molecular complexity index is 455. The van der Waals surface area contributed by atoms with Crippen molar-refractivity contribution in [2.75, 3.05) is 5.75 Å². The first kappa shape index (κ1) is 12.1. The van der Waals surface area contributed by atoms with E-state index >= 15 is 0 Å².